The van der Waals surface area contributed by atoms with Gasteiger partial charge >= 0.3 is 0 Å². The summed E-state index contributed by atoms with van der Waals surface area (Å²) in [4.78, 5) is 28.9. The molecule has 0 radical (unpaired) electrons. The van der Waals surface area contributed by atoms with E-state index >= 15 is 0 Å². The fraction of sp³-hybridized carbons (Fsp3) is 0.211. The fourth-order valence-electron chi connectivity index (χ4n) is 3.07. The molecule has 0 aliphatic carbocycles. The molecule has 1 aromatic carbocycles. The van der Waals surface area contributed by atoms with Crippen molar-refractivity contribution in [1.82, 2.24) is 14.7 Å². The number of aryl methyl sites for hydroxylation is 1. The van der Waals surface area contributed by atoms with Gasteiger partial charge in [0.15, 0.2) is 11.4 Å². The summed E-state index contributed by atoms with van der Waals surface area (Å²) >= 11 is 0. The molecule has 0 saturated carbocycles. The monoisotopic (exact) mass is 351 g/mol. The maximum atomic E-state index is 12.5. The maximum Gasteiger partial charge on any atom is 0.270 e. The number of nitrogens with one attached hydrogen (secondary N) is 1. The molecule has 2 aromatic heterocycles. The second kappa shape index (κ2) is 6.51. The number of aromatic nitrogens is 2. The lowest BCUT2D eigenvalue weighted by Crippen LogP contribution is -2.39. The first-order valence-electron chi connectivity index (χ1n) is 8.35. The van der Waals surface area contributed by atoms with E-state index in [9.17, 15) is 14.7 Å². The number of para-hydroxylation sites is 1. The molecule has 1 aliphatic rings. The Labute approximate surface area is 148 Å². The normalized spacial score (nSPS) is 15.9. The van der Waals surface area contributed by atoms with E-state index in [-0.39, 0.29) is 23.1 Å². The van der Waals surface area contributed by atoms with Crippen LogP contribution in [0.3, 0.4) is 0 Å². The molecule has 0 fully saturated rings. The van der Waals surface area contributed by atoms with Gasteiger partial charge in [0, 0.05) is 12.4 Å². The van der Waals surface area contributed by atoms with Crippen LogP contribution in [-0.4, -0.2) is 33.0 Å². The zero-order chi connectivity index (χ0) is 18.1. The van der Waals surface area contributed by atoms with Crippen molar-refractivity contribution in [1.29, 1.82) is 0 Å². The van der Waals surface area contributed by atoms with Crippen LogP contribution in [0.1, 0.15) is 22.3 Å². The Kier molecular flexibility index (Phi) is 4.04. The lowest BCUT2D eigenvalue weighted by atomic mass is 10.0. The van der Waals surface area contributed by atoms with Gasteiger partial charge in [-0.25, -0.2) is 4.98 Å². The SMILES string of the molecule is O=C(NC[C@H]1CCc2ccccc2O1)c1cnc2c(O)cccn2c1=O. The molecule has 3 heterocycles. The Bertz CT molecular complexity index is 1040. The number of aromatic hydroxyl groups is 1. The van der Waals surface area contributed by atoms with Crippen LogP contribution in [0.2, 0.25) is 0 Å². The van der Waals surface area contributed by atoms with Crippen LogP contribution >= 0.6 is 0 Å². The first-order chi connectivity index (χ1) is 12.6. The number of benzene rings is 1. The number of pyridine rings is 1. The van der Waals surface area contributed by atoms with Crippen LogP contribution in [0.25, 0.3) is 5.65 Å². The second-order valence-electron chi connectivity index (χ2n) is 6.16. The molecule has 0 spiro atoms. The zero-order valence-electron chi connectivity index (χ0n) is 13.9. The predicted molar refractivity (Wildman–Crippen MR) is 94.6 cm³/mol. The highest BCUT2D eigenvalue weighted by Crippen LogP contribution is 2.26. The maximum absolute atomic E-state index is 12.5. The van der Waals surface area contributed by atoms with Gasteiger partial charge in [0.25, 0.3) is 11.5 Å². The average Bonchev–Trinajstić information content (AvgIpc) is 2.67. The first-order valence-corrected chi connectivity index (χ1v) is 8.35. The molecule has 1 atom stereocenters. The van der Waals surface area contributed by atoms with E-state index in [1.807, 2.05) is 24.3 Å². The summed E-state index contributed by atoms with van der Waals surface area (Å²) < 4.78 is 7.04. The quantitative estimate of drug-likeness (QED) is 0.746. The van der Waals surface area contributed by atoms with Crippen molar-refractivity contribution in [3.63, 3.8) is 0 Å². The molecule has 0 bridgehead atoms. The molecule has 4 rings (SSSR count). The van der Waals surface area contributed by atoms with Gasteiger partial charge in [0.1, 0.15) is 17.4 Å². The number of hydrogen-bond donors (Lipinski definition) is 2. The van der Waals surface area contributed by atoms with Crippen molar-refractivity contribution in [2.24, 2.45) is 0 Å². The molecule has 0 saturated heterocycles. The van der Waals surface area contributed by atoms with E-state index in [0.717, 1.165) is 28.6 Å². The van der Waals surface area contributed by atoms with Crippen molar-refractivity contribution in [2.45, 2.75) is 18.9 Å². The summed E-state index contributed by atoms with van der Waals surface area (Å²) in [5.41, 5.74) is 0.663. The Morgan fingerprint density at radius 3 is 3.04 bits per heavy atom. The Balaban J connectivity index is 1.49. The van der Waals surface area contributed by atoms with Gasteiger partial charge in [-0.3, -0.25) is 14.0 Å². The van der Waals surface area contributed by atoms with E-state index in [4.69, 9.17) is 4.74 Å². The molecule has 132 valence electrons. The summed E-state index contributed by atoms with van der Waals surface area (Å²) in [6.45, 7) is 0.301. The molecule has 2 N–H and O–H groups in total. The number of carbonyl (C=O) groups excluding carboxylic acids is 1. The standard InChI is InChI=1S/C19H17N3O4/c23-15-5-3-9-22-17(15)20-11-14(19(22)25)18(24)21-10-13-8-7-12-4-1-2-6-16(12)26-13/h1-6,9,11,13,23H,7-8,10H2,(H,21,24)/t13-/m1/s1. The summed E-state index contributed by atoms with van der Waals surface area (Å²) in [7, 11) is 0. The van der Waals surface area contributed by atoms with Crippen molar-refractivity contribution in [2.75, 3.05) is 6.54 Å². The Morgan fingerprint density at radius 1 is 1.31 bits per heavy atom. The van der Waals surface area contributed by atoms with Gasteiger partial charge in [-0.2, -0.15) is 0 Å². The Hall–Kier alpha value is -3.35. The third-order valence-electron chi connectivity index (χ3n) is 4.45. The molecule has 3 aromatic rings. The number of rotatable bonds is 3. The van der Waals surface area contributed by atoms with Gasteiger partial charge in [0.05, 0.1) is 6.54 Å². The van der Waals surface area contributed by atoms with Gasteiger partial charge in [-0.15, -0.1) is 0 Å². The van der Waals surface area contributed by atoms with E-state index in [1.165, 1.54) is 24.5 Å². The number of nitrogens with zero attached hydrogens (tertiary/aromatic N) is 2. The smallest absolute Gasteiger partial charge is 0.270 e. The summed E-state index contributed by atoms with van der Waals surface area (Å²) in [5, 5.41) is 12.5. The topological polar surface area (TPSA) is 92.9 Å². The zero-order valence-corrected chi connectivity index (χ0v) is 13.9. The van der Waals surface area contributed by atoms with Crippen LogP contribution < -0.4 is 15.6 Å². The van der Waals surface area contributed by atoms with E-state index < -0.39 is 11.5 Å². The van der Waals surface area contributed by atoms with Gasteiger partial charge in [0.2, 0.25) is 0 Å². The Morgan fingerprint density at radius 2 is 2.15 bits per heavy atom. The summed E-state index contributed by atoms with van der Waals surface area (Å²) in [5.74, 6) is 0.203. The molecule has 26 heavy (non-hydrogen) atoms. The third kappa shape index (κ3) is 2.88. The van der Waals surface area contributed by atoms with Crippen molar-refractivity contribution >= 4 is 11.6 Å². The lowest BCUT2D eigenvalue weighted by Gasteiger charge is -2.26. The van der Waals surface area contributed by atoms with Crippen LogP contribution in [0, 0.1) is 0 Å². The highest BCUT2D eigenvalue weighted by atomic mass is 16.5. The fourth-order valence-corrected chi connectivity index (χ4v) is 3.07. The molecular formula is C19H17N3O4. The van der Waals surface area contributed by atoms with Gasteiger partial charge in [-0.05, 0) is 36.6 Å². The van der Waals surface area contributed by atoms with Crippen LogP contribution in [-0.2, 0) is 6.42 Å². The minimum atomic E-state index is -0.529. The largest absolute Gasteiger partial charge is 0.504 e. The third-order valence-corrected chi connectivity index (χ3v) is 4.45. The molecule has 1 aliphatic heterocycles. The molecule has 7 heteroatoms. The van der Waals surface area contributed by atoms with Crippen LogP contribution in [0.5, 0.6) is 11.5 Å². The molecule has 7 nitrogen and oxygen atoms in total. The number of fused-ring (bicyclic) bond motifs is 2. The van der Waals surface area contributed by atoms with Crippen LogP contribution in [0.4, 0.5) is 0 Å². The number of hydrogen-bond acceptors (Lipinski definition) is 5. The van der Waals surface area contributed by atoms with E-state index in [2.05, 4.69) is 10.3 Å². The van der Waals surface area contributed by atoms with Crippen molar-refractivity contribution in [3.8, 4) is 11.5 Å². The minimum Gasteiger partial charge on any atom is -0.504 e. The van der Waals surface area contributed by atoms with E-state index in [1.54, 1.807) is 0 Å². The highest BCUT2D eigenvalue weighted by molar-refractivity contribution is 5.93. The minimum absolute atomic E-state index is 0.0793. The number of ether oxygens (including phenoxy) is 1. The number of carbonyl (C=O) groups is 1. The number of amides is 1. The summed E-state index contributed by atoms with van der Waals surface area (Å²) in [6.07, 6.45) is 4.18. The highest BCUT2D eigenvalue weighted by Gasteiger charge is 2.21. The predicted octanol–water partition coefficient (Wildman–Crippen LogP) is 1.52. The molecule has 0 unspecified atom stereocenters. The van der Waals surface area contributed by atoms with Gasteiger partial charge in [-0.1, -0.05) is 18.2 Å². The molecular weight excluding hydrogens is 334 g/mol. The lowest BCUT2D eigenvalue weighted by molar-refractivity contribution is 0.0916. The van der Waals surface area contributed by atoms with Crippen molar-refractivity contribution in [3.05, 3.63) is 70.3 Å². The second-order valence-corrected chi connectivity index (χ2v) is 6.16. The molecule has 1 amide bonds. The van der Waals surface area contributed by atoms with Crippen LogP contribution in [0.15, 0.2) is 53.6 Å². The van der Waals surface area contributed by atoms with Crippen molar-refractivity contribution < 1.29 is 14.6 Å². The summed E-state index contributed by atoms with van der Waals surface area (Å²) in [6, 6.07) is 10.8. The first kappa shape index (κ1) is 16.1. The van der Waals surface area contributed by atoms with Gasteiger partial charge < -0.3 is 15.2 Å². The average molecular weight is 351 g/mol. The van der Waals surface area contributed by atoms with E-state index in [0.29, 0.717) is 6.54 Å².